The topological polar surface area (TPSA) is 56.3 Å². The number of piperidine rings is 1. The first-order chi connectivity index (χ1) is 13.2. The van der Waals surface area contributed by atoms with Gasteiger partial charge in [0.1, 0.15) is 11.3 Å². The molecule has 0 aliphatic carbocycles. The molecule has 0 radical (unpaired) electrons. The van der Waals surface area contributed by atoms with Crippen molar-refractivity contribution in [2.24, 2.45) is 0 Å². The Hall–Kier alpha value is -0.920. The highest BCUT2D eigenvalue weighted by Gasteiger charge is 2.22. The monoisotopic (exact) mass is 489 g/mol. The quantitative estimate of drug-likeness (QED) is 0.611. The van der Waals surface area contributed by atoms with Crippen LogP contribution in [0.1, 0.15) is 37.2 Å². The zero-order valence-corrected chi connectivity index (χ0v) is 18.8. The fourth-order valence-electron chi connectivity index (χ4n) is 3.25. The van der Waals surface area contributed by atoms with E-state index in [-0.39, 0.29) is 12.4 Å². The lowest BCUT2D eigenvalue weighted by atomic mass is 9.92. The Bertz CT molecular complexity index is 673. The highest BCUT2D eigenvalue weighted by atomic mass is 79.9. The summed E-state index contributed by atoms with van der Waals surface area (Å²) in [5.41, 5.74) is 1.27. The van der Waals surface area contributed by atoms with Crippen LogP contribution in [0.5, 0.6) is 5.88 Å². The maximum atomic E-state index is 6.15. The van der Waals surface area contributed by atoms with Crippen LogP contribution in [0.15, 0.2) is 41.1 Å². The van der Waals surface area contributed by atoms with Gasteiger partial charge in [0, 0.05) is 35.6 Å². The molecule has 154 valence electrons. The maximum absolute atomic E-state index is 6.15. The van der Waals surface area contributed by atoms with E-state index in [9.17, 15) is 0 Å². The summed E-state index contributed by atoms with van der Waals surface area (Å²) >= 11 is 8.70. The molecule has 0 spiro atoms. The Kier molecular flexibility index (Phi) is 10.5. The van der Waals surface area contributed by atoms with E-state index in [0.717, 1.165) is 62.3 Å². The minimum Gasteiger partial charge on any atom is -0.474 e. The molecule has 0 atom stereocenters. The van der Waals surface area contributed by atoms with Crippen LogP contribution in [0.25, 0.3) is 0 Å². The predicted molar refractivity (Wildman–Crippen MR) is 118 cm³/mol. The molecule has 1 N–H and O–H groups in total. The van der Waals surface area contributed by atoms with Crippen molar-refractivity contribution >= 4 is 39.9 Å². The van der Waals surface area contributed by atoms with Crippen molar-refractivity contribution in [3.05, 3.63) is 51.8 Å². The fraction of sp³-hybridized carbons (Fsp3) is 0.500. The van der Waals surface area contributed by atoms with Gasteiger partial charge < -0.3 is 14.8 Å². The minimum atomic E-state index is 0. The Labute approximate surface area is 186 Å². The van der Waals surface area contributed by atoms with Gasteiger partial charge >= 0.3 is 0 Å². The zero-order chi connectivity index (χ0) is 18.9. The van der Waals surface area contributed by atoms with Gasteiger partial charge in [-0.05, 0) is 78.8 Å². The van der Waals surface area contributed by atoms with Crippen molar-refractivity contribution in [3.63, 3.8) is 0 Å². The molecule has 2 aliphatic rings. The first-order valence-corrected chi connectivity index (χ1v) is 10.6. The van der Waals surface area contributed by atoms with Gasteiger partial charge in [0.05, 0.1) is 0 Å². The summed E-state index contributed by atoms with van der Waals surface area (Å²) in [6, 6.07) is 7.75. The molecule has 2 saturated heterocycles. The third-order valence-corrected chi connectivity index (χ3v) is 5.41. The lowest BCUT2D eigenvalue weighted by Gasteiger charge is -2.27. The van der Waals surface area contributed by atoms with Crippen LogP contribution >= 0.6 is 39.9 Å². The van der Waals surface area contributed by atoms with E-state index >= 15 is 0 Å². The summed E-state index contributed by atoms with van der Waals surface area (Å²) < 4.78 is 12.5. The number of nitrogens with zero attached hydrogens (tertiary/aromatic N) is 2. The van der Waals surface area contributed by atoms with E-state index < -0.39 is 0 Å². The zero-order valence-electron chi connectivity index (χ0n) is 15.7. The average Bonchev–Trinajstić information content (AvgIpc) is 2.73. The number of halogens is 3. The van der Waals surface area contributed by atoms with E-state index in [1.807, 2.05) is 18.3 Å². The van der Waals surface area contributed by atoms with E-state index in [2.05, 4.69) is 37.3 Å². The molecule has 2 aromatic rings. The smallest absolute Gasteiger partial charge is 0.217 e. The van der Waals surface area contributed by atoms with Crippen molar-refractivity contribution in [1.29, 1.82) is 0 Å². The lowest BCUT2D eigenvalue weighted by Crippen LogP contribution is -2.34. The normalized spacial score (nSPS) is 17.8. The molecule has 4 rings (SSSR count). The van der Waals surface area contributed by atoms with Crippen LogP contribution in [-0.2, 0) is 4.74 Å². The van der Waals surface area contributed by atoms with Crippen molar-refractivity contribution in [2.75, 3.05) is 26.3 Å². The Morgan fingerprint density at radius 1 is 1.07 bits per heavy atom. The first-order valence-electron chi connectivity index (χ1n) is 9.39. The summed E-state index contributed by atoms with van der Waals surface area (Å²) in [5, 5.41) is 3.88. The SMILES string of the molecule is Cl.Clc1ccc(Br)cn1.c1cnc(OC2CCNCC2)c(C2CCOCC2)c1. The molecule has 4 heterocycles. The summed E-state index contributed by atoms with van der Waals surface area (Å²) in [7, 11) is 0. The highest BCUT2D eigenvalue weighted by molar-refractivity contribution is 9.10. The van der Waals surface area contributed by atoms with E-state index in [0.29, 0.717) is 17.2 Å². The van der Waals surface area contributed by atoms with Gasteiger partial charge in [-0.1, -0.05) is 17.7 Å². The number of rotatable bonds is 3. The van der Waals surface area contributed by atoms with Gasteiger partial charge in [0.25, 0.3) is 0 Å². The molecule has 5 nitrogen and oxygen atoms in total. The second kappa shape index (κ2) is 12.6. The van der Waals surface area contributed by atoms with Crippen LogP contribution in [0, 0.1) is 0 Å². The molecule has 0 amide bonds. The second-order valence-corrected chi connectivity index (χ2v) is 7.95. The van der Waals surface area contributed by atoms with Crippen molar-refractivity contribution < 1.29 is 9.47 Å². The third kappa shape index (κ3) is 7.48. The van der Waals surface area contributed by atoms with Gasteiger partial charge in [-0.3, -0.25) is 0 Å². The molecule has 2 aliphatic heterocycles. The molecule has 2 aromatic heterocycles. The number of hydrogen-bond donors (Lipinski definition) is 1. The van der Waals surface area contributed by atoms with Gasteiger partial charge in [0.15, 0.2) is 0 Å². The fourth-order valence-corrected chi connectivity index (χ4v) is 3.60. The van der Waals surface area contributed by atoms with Crippen molar-refractivity contribution in [2.45, 2.75) is 37.7 Å². The van der Waals surface area contributed by atoms with Crippen LogP contribution < -0.4 is 10.1 Å². The number of nitrogens with one attached hydrogen (secondary N) is 1. The third-order valence-electron chi connectivity index (χ3n) is 4.72. The Balaban J connectivity index is 0.000000264. The number of ether oxygens (including phenoxy) is 2. The summed E-state index contributed by atoms with van der Waals surface area (Å²) in [5.74, 6) is 1.39. The molecule has 0 saturated carbocycles. The number of pyridine rings is 2. The maximum Gasteiger partial charge on any atom is 0.217 e. The van der Waals surface area contributed by atoms with E-state index in [1.54, 1.807) is 12.3 Å². The molecular weight excluding hydrogens is 465 g/mol. The number of aromatic nitrogens is 2. The lowest BCUT2D eigenvalue weighted by molar-refractivity contribution is 0.0832. The van der Waals surface area contributed by atoms with Gasteiger partial charge in [-0.15, -0.1) is 12.4 Å². The van der Waals surface area contributed by atoms with Crippen LogP contribution in [0.2, 0.25) is 5.15 Å². The van der Waals surface area contributed by atoms with Crippen LogP contribution in [0.4, 0.5) is 0 Å². The number of hydrogen-bond acceptors (Lipinski definition) is 5. The standard InChI is InChI=1S/C15H22N2O2.C5H3BrClN.ClH/c1-2-14(12-5-10-18-11-6-12)15(17-7-1)19-13-3-8-16-9-4-13;6-4-1-2-5(7)8-3-4;/h1-2,7,12-13,16H,3-6,8-11H2;1-3H;1H. The Morgan fingerprint density at radius 2 is 1.82 bits per heavy atom. The van der Waals surface area contributed by atoms with Crippen LogP contribution in [0.3, 0.4) is 0 Å². The average molecular weight is 491 g/mol. The van der Waals surface area contributed by atoms with Gasteiger partial charge in [-0.25, -0.2) is 9.97 Å². The summed E-state index contributed by atoms with van der Waals surface area (Å²) in [4.78, 5) is 8.26. The highest BCUT2D eigenvalue weighted by Crippen LogP contribution is 2.33. The predicted octanol–water partition coefficient (Wildman–Crippen LogP) is 5.03. The largest absolute Gasteiger partial charge is 0.474 e. The van der Waals surface area contributed by atoms with Crippen molar-refractivity contribution in [1.82, 2.24) is 15.3 Å². The minimum absolute atomic E-state index is 0. The van der Waals surface area contributed by atoms with E-state index in [4.69, 9.17) is 21.1 Å². The summed E-state index contributed by atoms with van der Waals surface area (Å²) in [6.45, 7) is 3.80. The molecule has 0 aromatic carbocycles. The van der Waals surface area contributed by atoms with Crippen molar-refractivity contribution in [3.8, 4) is 5.88 Å². The molecule has 8 heteroatoms. The molecule has 0 bridgehead atoms. The van der Waals surface area contributed by atoms with Crippen LogP contribution in [-0.4, -0.2) is 42.4 Å². The first kappa shape index (κ1) is 23.4. The van der Waals surface area contributed by atoms with E-state index in [1.165, 1.54) is 5.56 Å². The molecule has 2 fully saturated rings. The van der Waals surface area contributed by atoms with Gasteiger partial charge in [0.2, 0.25) is 5.88 Å². The second-order valence-electron chi connectivity index (χ2n) is 6.65. The Morgan fingerprint density at radius 3 is 2.46 bits per heavy atom. The molecule has 28 heavy (non-hydrogen) atoms. The molecule has 0 unspecified atom stereocenters. The summed E-state index contributed by atoms with van der Waals surface area (Å²) in [6.07, 6.45) is 8.10. The molecular formula is C20H26BrCl2N3O2. The van der Waals surface area contributed by atoms with Gasteiger partial charge in [-0.2, -0.15) is 0 Å².